The number of thioether (sulfide) groups is 1. The number of nitrogens with one attached hydrogen (secondary N) is 3. The van der Waals surface area contributed by atoms with Crippen LogP contribution in [-0.4, -0.2) is 77.1 Å². The van der Waals surface area contributed by atoms with E-state index in [0.29, 0.717) is 30.7 Å². The van der Waals surface area contributed by atoms with Gasteiger partial charge in [0.15, 0.2) is 0 Å². The fourth-order valence-corrected chi connectivity index (χ4v) is 3.50. The molecule has 1 aromatic carbocycles. The highest BCUT2D eigenvalue weighted by molar-refractivity contribution is 7.98. The third-order valence-electron chi connectivity index (χ3n) is 4.98. The molecule has 0 saturated carbocycles. The number of hydrogen-bond donors (Lipinski definition) is 7. The molecular weight excluding hydrogens is 462 g/mol. The van der Waals surface area contributed by atoms with Crippen molar-refractivity contribution in [1.82, 2.24) is 16.0 Å². The molecule has 0 saturated heterocycles. The Balaban J connectivity index is 2.78. The van der Waals surface area contributed by atoms with E-state index in [1.54, 1.807) is 12.1 Å². The van der Waals surface area contributed by atoms with Gasteiger partial charge >= 0.3 is 5.97 Å². The van der Waals surface area contributed by atoms with E-state index in [4.69, 9.17) is 11.5 Å². The molecule has 0 aromatic heterocycles. The maximum absolute atomic E-state index is 12.8. The Morgan fingerprint density at radius 3 is 2.26 bits per heavy atom. The van der Waals surface area contributed by atoms with Gasteiger partial charge in [-0.2, -0.15) is 11.8 Å². The second kappa shape index (κ2) is 15.9. The number of carboxylic acids is 1. The molecule has 0 fully saturated rings. The van der Waals surface area contributed by atoms with Gasteiger partial charge in [-0.05, 0) is 55.5 Å². The molecule has 1 rings (SSSR count). The van der Waals surface area contributed by atoms with E-state index in [-0.39, 0.29) is 18.6 Å². The van der Waals surface area contributed by atoms with Crippen molar-refractivity contribution in [3.8, 4) is 5.75 Å². The zero-order chi connectivity index (χ0) is 25.5. The largest absolute Gasteiger partial charge is 0.508 e. The topological polar surface area (TPSA) is 197 Å². The molecule has 9 N–H and O–H groups in total. The van der Waals surface area contributed by atoms with Gasteiger partial charge in [-0.25, -0.2) is 4.79 Å². The number of rotatable bonds is 16. The number of aromatic hydroxyl groups is 1. The van der Waals surface area contributed by atoms with Crippen molar-refractivity contribution in [2.24, 2.45) is 11.5 Å². The van der Waals surface area contributed by atoms with Crippen molar-refractivity contribution < 1.29 is 29.4 Å². The Hall–Kier alpha value is -2.83. The van der Waals surface area contributed by atoms with Gasteiger partial charge in [0, 0.05) is 6.42 Å². The minimum atomic E-state index is -1.16. The molecule has 0 aliphatic carbocycles. The zero-order valence-corrected chi connectivity index (χ0v) is 20.1. The molecule has 0 radical (unpaired) electrons. The molecule has 0 spiro atoms. The summed E-state index contributed by atoms with van der Waals surface area (Å²) in [5, 5.41) is 26.1. The van der Waals surface area contributed by atoms with Crippen molar-refractivity contribution in [2.75, 3.05) is 25.1 Å². The fraction of sp³-hybridized carbons (Fsp3) is 0.545. The second-order valence-electron chi connectivity index (χ2n) is 7.78. The minimum absolute atomic E-state index is 0.0573. The monoisotopic (exact) mass is 497 g/mol. The molecule has 11 nitrogen and oxygen atoms in total. The highest BCUT2D eigenvalue weighted by Gasteiger charge is 2.25. The van der Waals surface area contributed by atoms with Crippen molar-refractivity contribution in [2.45, 2.75) is 50.2 Å². The summed E-state index contributed by atoms with van der Waals surface area (Å²) >= 11 is 1.46. The van der Waals surface area contributed by atoms with Gasteiger partial charge in [0.2, 0.25) is 17.7 Å². The number of nitrogens with two attached hydrogens (primary N) is 2. The predicted octanol–water partition coefficient (Wildman–Crippen LogP) is -0.685. The first-order valence-electron chi connectivity index (χ1n) is 11.0. The van der Waals surface area contributed by atoms with Crippen molar-refractivity contribution in [1.29, 1.82) is 0 Å². The van der Waals surface area contributed by atoms with Crippen LogP contribution < -0.4 is 27.4 Å². The van der Waals surface area contributed by atoms with Crippen LogP contribution in [0.25, 0.3) is 0 Å². The lowest BCUT2D eigenvalue weighted by Crippen LogP contribution is -2.54. The summed E-state index contributed by atoms with van der Waals surface area (Å²) in [6.45, 7) is 0.0364. The maximum atomic E-state index is 12.8. The van der Waals surface area contributed by atoms with Crippen LogP contribution in [0.1, 0.15) is 31.2 Å². The maximum Gasteiger partial charge on any atom is 0.326 e. The van der Waals surface area contributed by atoms with Crippen LogP contribution in [0, 0.1) is 0 Å². The highest BCUT2D eigenvalue weighted by atomic mass is 32.2. The summed E-state index contributed by atoms with van der Waals surface area (Å²) < 4.78 is 0. The summed E-state index contributed by atoms with van der Waals surface area (Å²) in [6, 6.07) is 3.22. The van der Waals surface area contributed by atoms with Gasteiger partial charge in [0.1, 0.15) is 17.8 Å². The van der Waals surface area contributed by atoms with Gasteiger partial charge in [-0.15, -0.1) is 0 Å². The Labute approximate surface area is 203 Å². The Kier molecular flexibility index (Phi) is 13.7. The third-order valence-corrected chi connectivity index (χ3v) is 5.63. The van der Waals surface area contributed by atoms with Crippen LogP contribution in [0.5, 0.6) is 5.75 Å². The van der Waals surface area contributed by atoms with Crippen LogP contribution >= 0.6 is 11.8 Å². The number of carbonyl (C=O) groups is 4. The molecule has 0 aliphatic heterocycles. The zero-order valence-electron chi connectivity index (χ0n) is 19.3. The van der Waals surface area contributed by atoms with E-state index in [9.17, 15) is 29.4 Å². The summed E-state index contributed by atoms with van der Waals surface area (Å²) in [4.78, 5) is 48.8. The van der Waals surface area contributed by atoms with Crippen molar-refractivity contribution in [3.63, 3.8) is 0 Å². The molecule has 3 amide bonds. The van der Waals surface area contributed by atoms with E-state index < -0.39 is 48.4 Å². The molecule has 3 atom stereocenters. The second-order valence-corrected chi connectivity index (χ2v) is 8.77. The van der Waals surface area contributed by atoms with E-state index >= 15 is 0 Å². The smallest absolute Gasteiger partial charge is 0.326 e. The van der Waals surface area contributed by atoms with E-state index in [0.717, 1.165) is 6.42 Å². The number of unbranched alkanes of at least 4 members (excludes halogenated alkanes) is 1. The number of carboxylic acid groups (broad SMARTS) is 1. The normalized spacial score (nSPS) is 13.4. The van der Waals surface area contributed by atoms with Crippen LogP contribution in [0.3, 0.4) is 0 Å². The van der Waals surface area contributed by atoms with E-state index in [1.807, 2.05) is 6.26 Å². The first-order valence-corrected chi connectivity index (χ1v) is 12.4. The van der Waals surface area contributed by atoms with Crippen LogP contribution in [-0.2, 0) is 25.6 Å². The molecule has 0 heterocycles. The summed E-state index contributed by atoms with van der Waals surface area (Å²) in [5.41, 5.74) is 12.1. The lowest BCUT2D eigenvalue weighted by atomic mass is 10.0. The fourth-order valence-electron chi connectivity index (χ4n) is 3.02. The molecular formula is C22H35N5O6S. The van der Waals surface area contributed by atoms with Crippen molar-refractivity contribution in [3.05, 3.63) is 29.8 Å². The van der Waals surface area contributed by atoms with Gasteiger partial charge in [0.25, 0.3) is 0 Å². The molecule has 190 valence electrons. The molecule has 34 heavy (non-hydrogen) atoms. The summed E-state index contributed by atoms with van der Waals surface area (Å²) in [7, 11) is 0. The number of phenolic OH excluding ortho intramolecular Hbond substituents is 1. The number of phenols is 1. The average molecular weight is 498 g/mol. The van der Waals surface area contributed by atoms with Crippen molar-refractivity contribution >= 4 is 35.5 Å². The SMILES string of the molecule is CSCCC(NC(=O)CNC(=O)C(Cc1ccc(O)cc1)NC(=O)C(N)CCCCN)C(=O)O. The number of benzene rings is 1. The molecule has 1 aromatic rings. The molecule has 3 unspecified atom stereocenters. The average Bonchev–Trinajstić information content (AvgIpc) is 2.80. The van der Waals surface area contributed by atoms with Gasteiger partial charge in [-0.1, -0.05) is 18.6 Å². The van der Waals surface area contributed by atoms with Gasteiger partial charge in [0.05, 0.1) is 12.6 Å². The first-order chi connectivity index (χ1) is 16.2. The number of carbonyl (C=O) groups excluding carboxylic acids is 3. The Bertz CT molecular complexity index is 807. The van der Waals surface area contributed by atoms with E-state index in [1.165, 1.54) is 23.9 Å². The van der Waals surface area contributed by atoms with Crippen LogP contribution in [0.2, 0.25) is 0 Å². The Morgan fingerprint density at radius 2 is 1.68 bits per heavy atom. The van der Waals surface area contributed by atoms with Crippen LogP contribution in [0.4, 0.5) is 0 Å². The highest BCUT2D eigenvalue weighted by Crippen LogP contribution is 2.12. The standard InChI is InChI=1S/C22H35N5O6S/c1-34-11-9-17(22(32)33)26-19(29)13-25-21(31)18(12-14-5-7-15(28)8-6-14)27-20(30)16(24)4-2-3-10-23/h5-8,16-18,28H,2-4,9-13,23-24H2,1H3,(H,25,31)(H,26,29)(H,27,30)(H,32,33). The van der Waals surface area contributed by atoms with Crippen LogP contribution in [0.15, 0.2) is 24.3 Å². The minimum Gasteiger partial charge on any atom is -0.508 e. The van der Waals surface area contributed by atoms with Gasteiger partial charge < -0.3 is 37.6 Å². The first kappa shape index (κ1) is 29.2. The number of hydrogen-bond acceptors (Lipinski definition) is 8. The van der Waals surface area contributed by atoms with E-state index in [2.05, 4.69) is 16.0 Å². The summed E-state index contributed by atoms with van der Waals surface area (Å²) in [6.07, 6.45) is 3.97. The molecule has 0 bridgehead atoms. The number of amides is 3. The van der Waals surface area contributed by atoms with Gasteiger partial charge in [-0.3, -0.25) is 14.4 Å². The quantitative estimate of drug-likeness (QED) is 0.145. The molecule has 12 heteroatoms. The summed E-state index contributed by atoms with van der Waals surface area (Å²) in [5.74, 6) is -2.34. The predicted molar refractivity (Wildman–Crippen MR) is 130 cm³/mol. The lowest BCUT2D eigenvalue weighted by molar-refractivity contribution is -0.141. The molecule has 0 aliphatic rings. The third kappa shape index (κ3) is 11.3. The lowest BCUT2D eigenvalue weighted by Gasteiger charge is -2.21. The number of aliphatic carboxylic acids is 1. The Morgan fingerprint density at radius 1 is 1.00 bits per heavy atom.